The average Bonchev–Trinajstić information content (AvgIpc) is 3.20. The van der Waals surface area contributed by atoms with Crippen molar-refractivity contribution in [1.82, 2.24) is 10.2 Å². The van der Waals surface area contributed by atoms with Crippen molar-refractivity contribution in [2.24, 2.45) is 0 Å². The number of rotatable bonds is 5. The summed E-state index contributed by atoms with van der Waals surface area (Å²) in [6.45, 7) is 0.247. The number of methoxy groups -OCH3 is 2. The molecular weight excluding hydrogens is 344 g/mol. The van der Waals surface area contributed by atoms with E-state index in [1.165, 1.54) is 25.4 Å². The van der Waals surface area contributed by atoms with Gasteiger partial charge in [0.05, 0.1) is 27.0 Å². The van der Waals surface area contributed by atoms with Crippen LogP contribution in [0.3, 0.4) is 0 Å². The highest BCUT2D eigenvalue weighted by molar-refractivity contribution is 7.80. The van der Waals surface area contributed by atoms with Gasteiger partial charge in [0.1, 0.15) is 11.5 Å². The molecule has 2 aromatic rings. The Morgan fingerprint density at radius 3 is 2.56 bits per heavy atom. The maximum absolute atomic E-state index is 12.6. The fraction of sp³-hybridized carbons (Fsp3) is 0.176. The van der Waals surface area contributed by atoms with Gasteiger partial charge in [0.2, 0.25) is 5.75 Å². The second kappa shape index (κ2) is 6.86. The second-order valence-corrected chi connectivity index (χ2v) is 5.62. The first kappa shape index (κ1) is 16.8. The molecule has 0 unspecified atom stereocenters. The molecule has 1 fully saturated rings. The van der Waals surface area contributed by atoms with Crippen LogP contribution in [0.1, 0.15) is 11.3 Å². The molecule has 0 spiro atoms. The molecule has 7 nitrogen and oxygen atoms in total. The molecule has 1 amide bonds. The quantitative estimate of drug-likeness (QED) is 0.625. The number of phenols is 1. The van der Waals surface area contributed by atoms with Crippen molar-refractivity contribution in [3.05, 3.63) is 47.5 Å². The van der Waals surface area contributed by atoms with E-state index in [2.05, 4.69) is 5.32 Å². The Bertz CT molecular complexity index is 820. The lowest BCUT2D eigenvalue weighted by molar-refractivity contribution is -0.122. The summed E-state index contributed by atoms with van der Waals surface area (Å²) < 4.78 is 15.5. The molecule has 0 saturated carbocycles. The topological polar surface area (TPSA) is 84.2 Å². The molecule has 1 aliphatic heterocycles. The molecule has 3 rings (SSSR count). The Kier molecular flexibility index (Phi) is 4.62. The van der Waals surface area contributed by atoms with E-state index in [4.69, 9.17) is 26.1 Å². The van der Waals surface area contributed by atoms with E-state index < -0.39 is 0 Å². The number of nitrogens with zero attached hydrogens (tertiary/aromatic N) is 1. The SMILES string of the molecule is COc1cc(C=C2NC(=S)N(Cc3ccco3)C2=O)cc(OC)c1O. The van der Waals surface area contributed by atoms with Crippen LogP contribution in [0.4, 0.5) is 0 Å². The van der Waals surface area contributed by atoms with Gasteiger partial charge in [-0.05, 0) is 48.1 Å². The van der Waals surface area contributed by atoms with Gasteiger partial charge in [-0.15, -0.1) is 0 Å². The second-order valence-electron chi connectivity index (χ2n) is 5.23. The van der Waals surface area contributed by atoms with E-state index in [1.54, 1.807) is 30.3 Å². The molecule has 0 aliphatic carbocycles. The number of carbonyl (C=O) groups excluding carboxylic acids is 1. The number of hydrogen-bond donors (Lipinski definition) is 2. The molecule has 8 heteroatoms. The molecule has 1 aliphatic rings. The molecule has 2 heterocycles. The van der Waals surface area contributed by atoms with Crippen LogP contribution in [-0.4, -0.2) is 35.2 Å². The smallest absolute Gasteiger partial charge is 0.276 e. The Morgan fingerprint density at radius 1 is 1.32 bits per heavy atom. The molecule has 0 bridgehead atoms. The van der Waals surface area contributed by atoms with Crippen molar-refractivity contribution in [2.75, 3.05) is 14.2 Å². The van der Waals surface area contributed by atoms with Gasteiger partial charge < -0.3 is 24.3 Å². The predicted molar refractivity (Wildman–Crippen MR) is 94.2 cm³/mol. The number of ether oxygens (including phenoxy) is 2. The Labute approximate surface area is 149 Å². The van der Waals surface area contributed by atoms with Crippen LogP contribution in [0.2, 0.25) is 0 Å². The zero-order valence-electron chi connectivity index (χ0n) is 13.6. The maximum Gasteiger partial charge on any atom is 0.276 e. The largest absolute Gasteiger partial charge is 0.502 e. The lowest BCUT2D eigenvalue weighted by Gasteiger charge is -2.11. The molecule has 1 aromatic heterocycles. The standard InChI is InChI=1S/C17H16N2O5S/c1-22-13-7-10(8-14(23-2)15(13)20)6-12-16(21)19(17(25)18-12)9-11-4-3-5-24-11/h3-8,20H,9H2,1-2H3,(H,18,25). The number of benzene rings is 1. The predicted octanol–water partition coefficient (Wildman–Crippen LogP) is 2.26. The van der Waals surface area contributed by atoms with Crippen molar-refractivity contribution in [2.45, 2.75) is 6.54 Å². The molecule has 25 heavy (non-hydrogen) atoms. The van der Waals surface area contributed by atoms with Gasteiger partial charge in [-0.25, -0.2) is 0 Å². The fourth-order valence-electron chi connectivity index (χ4n) is 2.44. The van der Waals surface area contributed by atoms with E-state index in [0.717, 1.165) is 0 Å². The summed E-state index contributed by atoms with van der Waals surface area (Å²) in [5.41, 5.74) is 0.927. The first-order chi connectivity index (χ1) is 12.0. The van der Waals surface area contributed by atoms with Gasteiger partial charge in [0, 0.05) is 0 Å². The third-order valence-corrected chi connectivity index (χ3v) is 3.99. The van der Waals surface area contributed by atoms with E-state index in [0.29, 0.717) is 22.1 Å². The minimum Gasteiger partial charge on any atom is -0.502 e. The summed E-state index contributed by atoms with van der Waals surface area (Å²) in [4.78, 5) is 14.0. The molecule has 1 aromatic carbocycles. The van der Waals surface area contributed by atoms with Gasteiger partial charge in [0.15, 0.2) is 16.6 Å². The summed E-state index contributed by atoms with van der Waals surface area (Å²) in [6.07, 6.45) is 3.15. The summed E-state index contributed by atoms with van der Waals surface area (Å²) in [5.74, 6) is 0.741. The maximum atomic E-state index is 12.6. The minimum atomic E-state index is -0.271. The van der Waals surface area contributed by atoms with Gasteiger partial charge in [-0.1, -0.05) is 0 Å². The lowest BCUT2D eigenvalue weighted by Crippen LogP contribution is -2.29. The minimum absolute atomic E-state index is 0.104. The molecule has 2 N–H and O–H groups in total. The fourth-order valence-corrected chi connectivity index (χ4v) is 2.69. The van der Waals surface area contributed by atoms with Crippen molar-refractivity contribution < 1.29 is 23.8 Å². The summed E-state index contributed by atoms with van der Waals surface area (Å²) in [6, 6.07) is 6.71. The van der Waals surface area contributed by atoms with E-state index in [9.17, 15) is 9.90 Å². The third-order valence-electron chi connectivity index (χ3n) is 3.67. The number of thiocarbonyl (C=S) groups is 1. The van der Waals surface area contributed by atoms with Crippen molar-refractivity contribution >= 4 is 29.3 Å². The van der Waals surface area contributed by atoms with Crippen molar-refractivity contribution in [1.29, 1.82) is 0 Å². The molecule has 0 radical (unpaired) electrons. The number of nitrogens with one attached hydrogen (secondary N) is 1. The first-order valence-electron chi connectivity index (χ1n) is 7.35. The Balaban J connectivity index is 1.89. The van der Waals surface area contributed by atoms with Crippen LogP contribution in [0.25, 0.3) is 6.08 Å². The third kappa shape index (κ3) is 3.29. The monoisotopic (exact) mass is 360 g/mol. The number of aromatic hydroxyl groups is 1. The zero-order valence-corrected chi connectivity index (χ0v) is 14.4. The highest BCUT2D eigenvalue weighted by atomic mass is 32.1. The van der Waals surface area contributed by atoms with Crippen LogP contribution >= 0.6 is 12.2 Å². The van der Waals surface area contributed by atoms with Crippen LogP contribution in [-0.2, 0) is 11.3 Å². The number of amides is 1. The summed E-state index contributed by atoms with van der Waals surface area (Å²) in [7, 11) is 2.87. The number of phenolic OH excluding ortho intramolecular Hbond substituents is 1. The van der Waals surface area contributed by atoms with Crippen LogP contribution in [0.5, 0.6) is 17.2 Å². The molecule has 1 saturated heterocycles. The van der Waals surface area contributed by atoms with Gasteiger partial charge >= 0.3 is 0 Å². The molecule has 0 atom stereocenters. The van der Waals surface area contributed by atoms with Crippen LogP contribution in [0.15, 0.2) is 40.6 Å². The van der Waals surface area contributed by atoms with E-state index in [1.807, 2.05) is 0 Å². The van der Waals surface area contributed by atoms with Crippen LogP contribution in [0, 0.1) is 0 Å². The Morgan fingerprint density at radius 2 is 2.00 bits per heavy atom. The van der Waals surface area contributed by atoms with E-state index >= 15 is 0 Å². The summed E-state index contributed by atoms with van der Waals surface area (Å²) in [5, 5.41) is 13.1. The first-order valence-corrected chi connectivity index (χ1v) is 7.76. The highest BCUT2D eigenvalue weighted by Crippen LogP contribution is 2.37. The lowest BCUT2D eigenvalue weighted by atomic mass is 10.1. The highest BCUT2D eigenvalue weighted by Gasteiger charge is 2.31. The average molecular weight is 360 g/mol. The zero-order chi connectivity index (χ0) is 18.0. The molecular formula is C17H16N2O5S. The molecule has 130 valence electrons. The van der Waals surface area contributed by atoms with Crippen molar-refractivity contribution in [3.8, 4) is 17.2 Å². The van der Waals surface area contributed by atoms with Crippen molar-refractivity contribution in [3.63, 3.8) is 0 Å². The summed E-state index contributed by atoms with van der Waals surface area (Å²) >= 11 is 5.22. The van der Waals surface area contributed by atoms with E-state index in [-0.39, 0.29) is 29.7 Å². The van der Waals surface area contributed by atoms with Gasteiger partial charge in [-0.3, -0.25) is 9.69 Å². The van der Waals surface area contributed by atoms with Gasteiger partial charge in [-0.2, -0.15) is 0 Å². The number of hydrogen-bond acceptors (Lipinski definition) is 6. The normalized spacial score (nSPS) is 15.6. The Hall–Kier alpha value is -3.00. The number of carbonyl (C=O) groups is 1. The van der Waals surface area contributed by atoms with Gasteiger partial charge in [0.25, 0.3) is 5.91 Å². The van der Waals surface area contributed by atoms with Crippen LogP contribution < -0.4 is 14.8 Å². The number of furan rings is 1.